The number of para-hydroxylation sites is 1. The highest BCUT2D eigenvalue weighted by Gasteiger charge is 2.33. The maximum Gasteiger partial charge on any atom is 0.378 e. The lowest BCUT2D eigenvalue weighted by Gasteiger charge is -2.18. The van der Waals surface area contributed by atoms with Crippen molar-refractivity contribution in [1.82, 2.24) is 0 Å². The van der Waals surface area contributed by atoms with Gasteiger partial charge in [0, 0.05) is 12.0 Å². The Labute approximate surface area is 98.0 Å². The molecule has 92 valence electrons. The predicted octanol–water partition coefficient (Wildman–Crippen LogP) is 2.16. The fourth-order valence-electron chi connectivity index (χ4n) is 1.84. The molecule has 0 amide bonds. The lowest BCUT2D eigenvalue weighted by Crippen LogP contribution is -2.25. The van der Waals surface area contributed by atoms with Crippen LogP contribution < -0.4 is 9.47 Å². The predicted molar refractivity (Wildman–Crippen MR) is 58.0 cm³/mol. The molecule has 0 saturated heterocycles. The number of carboxylic acid groups (broad SMARTS) is 1. The van der Waals surface area contributed by atoms with Gasteiger partial charge in [-0.25, -0.2) is 4.79 Å². The van der Waals surface area contributed by atoms with E-state index in [1.54, 1.807) is 6.07 Å². The Bertz CT molecular complexity index is 456. The van der Waals surface area contributed by atoms with Crippen molar-refractivity contribution in [3.05, 3.63) is 23.8 Å². The van der Waals surface area contributed by atoms with Crippen LogP contribution in [0, 0.1) is 0 Å². The number of aliphatic carboxylic acids is 1. The van der Waals surface area contributed by atoms with E-state index in [2.05, 4.69) is 0 Å². The number of rotatable bonds is 3. The minimum Gasteiger partial charge on any atom is -0.483 e. The Balaban J connectivity index is 2.27. The molecule has 1 atom stereocenters. The molecular formula is C12H13FO4. The molecule has 1 aromatic rings. The molecule has 0 saturated carbocycles. The second kappa shape index (κ2) is 3.91. The smallest absolute Gasteiger partial charge is 0.378 e. The Morgan fingerprint density at radius 1 is 1.59 bits per heavy atom. The van der Waals surface area contributed by atoms with Crippen LogP contribution in [0.4, 0.5) is 4.39 Å². The average molecular weight is 240 g/mol. The molecule has 1 aromatic carbocycles. The van der Waals surface area contributed by atoms with E-state index in [1.807, 2.05) is 19.9 Å². The number of carboxylic acids is 1. The number of carbonyl (C=O) groups is 1. The summed E-state index contributed by atoms with van der Waals surface area (Å²) < 4.78 is 23.3. The number of ether oxygens (including phenoxy) is 2. The molecular weight excluding hydrogens is 227 g/mol. The van der Waals surface area contributed by atoms with Crippen LogP contribution in [0.5, 0.6) is 11.5 Å². The maximum absolute atomic E-state index is 13.0. The summed E-state index contributed by atoms with van der Waals surface area (Å²) in [5, 5.41) is 8.45. The zero-order valence-electron chi connectivity index (χ0n) is 9.57. The van der Waals surface area contributed by atoms with E-state index >= 15 is 0 Å². The standard InChI is InChI=1S/C12H13FO4/c1-12(2)6-7-4-3-5-8(9(7)17-12)16-10(13)11(14)15/h3-5,10H,6H2,1-2H3,(H,14,15). The van der Waals surface area contributed by atoms with E-state index in [-0.39, 0.29) is 11.4 Å². The minimum absolute atomic E-state index is 0.128. The first-order valence-electron chi connectivity index (χ1n) is 5.23. The van der Waals surface area contributed by atoms with Crippen LogP contribution >= 0.6 is 0 Å². The van der Waals surface area contributed by atoms with Crippen LogP contribution in [-0.4, -0.2) is 23.0 Å². The van der Waals surface area contributed by atoms with Crippen molar-refractivity contribution in [3.8, 4) is 11.5 Å². The quantitative estimate of drug-likeness (QED) is 0.879. The van der Waals surface area contributed by atoms with Gasteiger partial charge >= 0.3 is 12.3 Å². The summed E-state index contributed by atoms with van der Waals surface area (Å²) in [5.41, 5.74) is 0.515. The SMILES string of the molecule is CC1(C)Cc2cccc(OC(F)C(=O)O)c2O1. The van der Waals surface area contributed by atoms with Gasteiger partial charge in [0.1, 0.15) is 5.60 Å². The Morgan fingerprint density at radius 2 is 2.29 bits per heavy atom. The molecule has 1 aliphatic rings. The van der Waals surface area contributed by atoms with Crippen molar-refractivity contribution in [3.63, 3.8) is 0 Å². The van der Waals surface area contributed by atoms with E-state index in [1.165, 1.54) is 6.07 Å². The first kappa shape index (κ1) is 11.7. The molecule has 0 fully saturated rings. The van der Waals surface area contributed by atoms with Gasteiger partial charge < -0.3 is 14.6 Å². The lowest BCUT2D eigenvalue weighted by atomic mass is 10.0. The fraction of sp³-hybridized carbons (Fsp3) is 0.417. The van der Waals surface area contributed by atoms with Gasteiger partial charge in [-0.2, -0.15) is 4.39 Å². The van der Waals surface area contributed by atoms with Gasteiger partial charge in [0.05, 0.1) is 0 Å². The van der Waals surface area contributed by atoms with Gasteiger partial charge in [-0.05, 0) is 19.9 Å². The second-order valence-corrected chi connectivity index (χ2v) is 4.56. The molecule has 4 nitrogen and oxygen atoms in total. The molecule has 1 heterocycles. The van der Waals surface area contributed by atoms with Gasteiger partial charge in [0.2, 0.25) is 0 Å². The summed E-state index contributed by atoms with van der Waals surface area (Å²) in [4.78, 5) is 10.4. The molecule has 2 rings (SSSR count). The molecule has 0 bridgehead atoms. The summed E-state index contributed by atoms with van der Waals surface area (Å²) in [6.45, 7) is 3.81. The number of benzene rings is 1. The highest BCUT2D eigenvalue weighted by molar-refractivity contribution is 5.71. The number of halogens is 1. The third-order valence-corrected chi connectivity index (χ3v) is 2.48. The van der Waals surface area contributed by atoms with Crippen LogP contribution in [0.1, 0.15) is 19.4 Å². The van der Waals surface area contributed by atoms with Crippen LogP contribution in [-0.2, 0) is 11.2 Å². The Hall–Kier alpha value is -1.78. The monoisotopic (exact) mass is 240 g/mol. The van der Waals surface area contributed by atoms with Crippen molar-refractivity contribution in [2.24, 2.45) is 0 Å². The number of alkyl halides is 1. The van der Waals surface area contributed by atoms with Gasteiger partial charge in [0.15, 0.2) is 11.5 Å². The van der Waals surface area contributed by atoms with Gasteiger partial charge in [-0.15, -0.1) is 0 Å². The zero-order valence-corrected chi connectivity index (χ0v) is 9.57. The fourth-order valence-corrected chi connectivity index (χ4v) is 1.84. The minimum atomic E-state index is -2.38. The van der Waals surface area contributed by atoms with Gasteiger partial charge in [0.25, 0.3) is 0 Å². The average Bonchev–Trinajstić information content (AvgIpc) is 2.53. The van der Waals surface area contributed by atoms with Crippen LogP contribution in [0.25, 0.3) is 0 Å². The van der Waals surface area contributed by atoms with Crippen molar-refractivity contribution < 1.29 is 23.8 Å². The van der Waals surface area contributed by atoms with Crippen molar-refractivity contribution >= 4 is 5.97 Å². The summed E-state index contributed by atoms with van der Waals surface area (Å²) in [6, 6.07) is 5.04. The van der Waals surface area contributed by atoms with E-state index in [0.717, 1.165) is 5.56 Å². The molecule has 1 N–H and O–H groups in total. The number of hydrogen-bond acceptors (Lipinski definition) is 3. The normalized spacial score (nSPS) is 18.1. The summed E-state index contributed by atoms with van der Waals surface area (Å²) >= 11 is 0. The van der Waals surface area contributed by atoms with Crippen LogP contribution in [0.15, 0.2) is 18.2 Å². The largest absolute Gasteiger partial charge is 0.483 e. The molecule has 0 aliphatic carbocycles. The highest BCUT2D eigenvalue weighted by atomic mass is 19.1. The molecule has 0 aromatic heterocycles. The summed E-state index contributed by atoms with van der Waals surface area (Å²) in [7, 11) is 0. The third kappa shape index (κ3) is 2.33. The second-order valence-electron chi connectivity index (χ2n) is 4.56. The molecule has 17 heavy (non-hydrogen) atoms. The van der Waals surface area contributed by atoms with Gasteiger partial charge in [-0.1, -0.05) is 12.1 Å². The molecule has 5 heteroatoms. The van der Waals surface area contributed by atoms with Crippen molar-refractivity contribution in [1.29, 1.82) is 0 Å². The van der Waals surface area contributed by atoms with Crippen LogP contribution in [0.2, 0.25) is 0 Å². The van der Waals surface area contributed by atoms with E-state index in [0.29, 0.717) is 12.2 Å². The Morgan fingerprint density at radius 3 is 2.94 bits per heavy atom. The summed E-state index contributed by atoms with van der Waals surface area (Å²) in [5.74, 6) is -1.09. The first-order chi connectivity index (χ1) is 7.89. The maximum atomic E-state index is 13.0. The number of hydrogen-bond donors (Lipinski definition) is 1. The topological polar surface area (TPSA) is 55.8 Å². The zero-order chi connectivity index (χ0) is 12.6. The lowest BCUT2D eigenvalue weighted by molar-refractivity contribution is -0.153. The molecule has 1 unspecified atom stereocenters. The van der Waals surface area contributed by atoms with Crippen LogP contribution in [0.3, 0.4) is 0 Å². The van der Waals surface area contributed by atoms with Crippen molar-refractivity contribution in [2.75, 3.05) is 0 Å². The molecule has 1 aliphatic heterocycles. The van der Waals surface area contributed by atoms with E-state index in [9.17, 15) is 9.18 Å². The third-order valence-electron chi connectivity index (χ3n) is 2.48. The van der Waals surface area contributed by atoms with E-state index < -0.39 is 12.3 Å². The summed E-state index contributed by atoms with van der Waals surface area (Å²) in [6.07, 6.45) is -1.70. The van der Waals surface area contributed by atoms with Crippen molar-refractivity contribution in [2.45, 2.75) is 32.2 Å². The van der Waals surface area contributed by atoms with E-state index in [4.69, 9.17) is 14.6 Å². The van der Waals surface area contributed by atoms with Gasteiger partial charge in [-0.3, -0.25) is 0 Å². The Kier molecular flexibility index (Phi) is 2.69. The molecule has 0 radical (unpaired) electrons. The number of fused-ring (bicyclic) bond motifs is 1. The molecule has 0 spiro atoms. The highest BCUT2D eigenvalue weighted by Crippen LogP contribution is 2.42. The first-order valence-corrected chi connectivity index (χ1v) is 5.23.